The number of rotatable bonds is 10. The van der Waals surface area contributed by atoms with Crippen molar-refractivity contribution in [3.63, 3.8) is 0 Å². The van der Waals surface area contributed by atoms with Crippen molar-refractivity contribution in [2.24, 2.45) is 0 Å². The zero-order valence-electron chi connectivity index (χ0n) is 59.9. The molecular formula is C88H75B5N8. The Morgan fingerprint density at radius 3 is 0.713 bits per heavy atom. The Bertz CT molecular complexity index is 5500. The fraction of sp³-hybridized carbons (Fsp3) is 0.182. The van der Waals surface area contributed by atoms with Gasteiger partial charge in [0, 0.05) is 120 Å². The normalized spacial score (nSPS) is 14.2. The fourth-order valence-corrected chi connectivity index (χ4v) is 21.0. The quantitative estimate of drug-likeness (QED) is 0.130. The molecule has 6 aliphatic heterocycles. The largest absolute Gasteiger partial charge is 0.313 e. The monoisotopic (exact) mass is 1300 g/mol. The molecule has 0 amide bonds. The molecule has 0 spiro atoms. The SMILES string of the molecule is Cc1cc(C)c(B2c3cncc4c3N3c5c2cncc5B(c2c(C)cc(CCc5cc(C)c(B6c7cncc8c7N7c9c(cncc9C(c9ccccc9)(c9ccccc9)c9cncc6c97)B8c6c(C)cc(C)cc6C)c(C)c5)cc2C)c2cncc(c23)B4c2c(C)cc(C)cc2C)c(C)c1. The van der Waals surface area contributed by atoms with Crippen molar-refractivity contribution in [3.05, 3.63) is 301 Å². The number of benzene rings is 7. The van der Waals surface area contributed by atoms with E-state index < -0.39 is 5.41 Å². The van der Waals surface area contributed by atoms with Crippen LogP contribution in [0.2, 0.25) is 0 Å². The van der Waals surface area contributed by atoms with Crippen molar-refractivity contribution in [2.75, 3.05) is 9.80 Å². The van der Waals surface area contributed by atoms with Crippen molar-refractivity contribution in [1.82, 2.24) is 29.9 Å². The van der Waals surface area contributed by atoms with Crippen LogP contribution in [-0.2, 0) is 18.3 Å². The van der Waals surface area contributed by atoms with Crippen LogP contribution in [0.1, 0.15) is 106 Å². The third kappa shape index (κ3) is 8.55. The molecule has 7 aromatic carbocycles. The van der Waals surface area contributed by atoms with E-state index in [4.69, 9.17) is 29.9 Å². The summed E-state index contributed by atoms with van der Waals surface area (Å²) in [6.45, 7) is 29.3. The van der Waals surface area contributed by atoms with Gasteiger partial charge >= 0.3 is 0 Å². The lowest BCUT2D eigenvalue weighted by Crippen LogP contribution is -2.72. The Hall–Kier alpha value is -10.6. The number of hydrogen-bond acceptors (Lipinski definition) is 8. The van der Waals surface area contributed by atoms with Crippen LogP contribution in [0.4, 0.5) is 34.1 Å². The molecule has 0 saturated heterocycles. The van der Waals surface area contributed by atoms with Crippen LogP contribution in [0, 0.1) is 90.0 Å². The molecule has 13 heteroatoms. The second-order valence-corrected chi connectivity index (χ2v) is 30.5. The molecule has 0 unspecified atom stereocenters. The van der Waals surface area contributed by atoms with Gasteiger partial charge < -0.3 is 9.80 Å². The highest BCUT2D eigenvalue weighted by molar-refractivity contribution is 7.07. The molecule has 0 fully saturated rings. The lowest BCUT2D eigenvalue weighted by molar-refractivity contribution is 0.723. The highest BCUT2D eigenvalue weighted by Gasteiger charge is 2.56. The van der Waals surface area contributed by atoms with Crippen molar-refractivity contribution in [1.29, 1.82) is 0 Å². The highest BCUT2D eigenvalue weighted by Crippen LogP contribution is 2.58. The average molecular weight is 1300 g/mol. The first-order chi connectivity index (χ1) is 49.0. The van der Waals surface area contributed by atoms with E-state index in [1.165, 1.54) is 211 Å². The standard InChI is InChI=1S/C88H75B5N8/c1-48-26-51(4)77(52(5)27-48)89-67-38-94-36-65-82(67)100-83-66(88(65,63-20-16-14-17-21-63)64-22-18-15-19-23-64)37-95-39-68(83)90(70-41-96-40-69(89)84(70)100)80-57(10)32-61(33-58(80)11)24-25-62-34-59(12)81(60(13)35-62)93-75-46-98-44-73-86(75)101-85-71(91(73)78-53(6)28-49(2)29-54(78)7)42-97-43-72(85)92(74-45-99-47-76(93)87(74)101)79-55(8)30-50(3)31-56(79)9/h14-23,26-47H,24-25H2,1-13H3. The minimum absolute atomic E-state index is 0.0656. The van der Waals surface area contributed by atoms with E-state index in [1.807, 2.05) is 0 Å². The Kier molecular flexibility index (Phi) is 13.7. The minimum atomic E-state index is -0.745. The molecule has 13 aromatic rings. The van der Waals surface area contributed by atoms with Gasteiger partial charge in [-0.25, -0.2) is 0 Å². The summed E-state index contributed by atoms with van der Waals surface area (Å²) in [5, 5.41) is 0. The Balaban J connectivity index is 0.733. The van der Waals surface area contributed by atoms with E-state index in [0.717, 1.165) is 24.0 Å². The predicted molar refractivity (Wildman–Crippen MR) is 425 cm³/mol. The molecular weight excluding hydrogens is 1220 g/mol. The molecule has 0 N–H and O–H groups in total. The van der Waals surface area contributed by atoms with Gasteiger partial charge in [0.05, 0.1) is 5.41 Å². The van der Waals surface area contributed by atoms with Crippen LogP contribution in [0.25, 0.3) is 0 Å². The van der Waals surface area contributed by atoms with Gasteiger partial charge in [-0.2, -0.15) is 0 Å². The number of anilines is 6. The Morgan fingerprint density at radius 2 is 0.465 bits per heavy atom. The van der Waals surface area contributed by atoms with Gasteiger partial charge in [-0.05, 0) is 180 Å². The van der Waals surface area contributed by atoms with E-state index in [1.54, 1.807) is 0 Å². The predicted octanol–water partition coefficient (Wildman–Crippen LogP) is 7.63. The Morgan fingerprint density at radius 1 is 0.257 bits per heavy atom. The summed E-state index contributed by atoms with van der Waals surface area (Å²) >= 11 is 0. The molecule has 0 atom stereocenters. The summed E-state index contributed by atoms with van der Waals surface area (Å²) in [6.07, 6.45) is 27.7. The summed E-state index contributed by atoms with van der Waals surface area (Å²) in [4.78, 5) is 36.8. The maximum atomic E-state index is 5.34. The molecule has 19 rings (SSSR count). The van der Waals surface area contributed by atoms with Gasteiger partial charge in [-0.3, -0.25) is 29.9 Å². The summed E-state index contributed by atoms with van der Waals surface area (Å²) in [5.41, 5.74) is 49.4. The van der Waals surface area contributed by atoms with Gasteiger partial charge in [0.1, 0.15) is 0 Å². The molecule has 482 valence electrons. The number of hydrogen-bond donors (Lipinski definition) is 0. The summed E-state index contributed by atoms with van der Waals surface area (Å²) in [5.74, 6) is 0. The van der Waals surface area contributed by atoms with Crippen LogP contribution in [0.5, 0.6) is 0 Å². The van der Waals surface area contributed by atoms with E-state index >= 15 is 0 Å². The summed E-state index contributed by atoms with van der Waals surface area (Å²) in [6, 6.07) is 46.3. The summed E-state index contributed by atoms with van der Waals surface area (Å²) < 4.78 is 0. The lowest BCUT2D eigenvalue weighted by Gasteiger charge is -2.52. The fourth-order valence-electron chi connectivity index (χ4n) is 21.0. The van der Waals surface area contributed by atoms with Gasteiger partial charge in [0.25, 0.3) is 33.6 Å². The molecule has 0 aliphatic carbocycles. The van der Waals surface area contributed by atoms with Crippen molar-refractivity contribution in [3.8, 4) is 0 Å². The van der Waals surface area contributed by atoms with Crippen molar-refractivity contribution in [2.45, 2.75) is 108 Å². The molecule has 0 saturated carbocycles. The zero-order chi connectivity index (χ0) is 68.9. The summed E-state index contributed by atoms with van der Waals surface area (Å²) in [7, 11) is 0. The zero-order valence-corrected chi connectivity index (χ0v) is 59.9. The van der Waals surface area contributed by atoms with Crippen molar-refractivity contribution < 1.29 is 0 Å². The number of nitrogens with zero attached hydrogens (tertiary/aromatic N) is 8. The molecule has 6 aromatic heterocycles. The number of aryl methyl sites for hydroxylation is 15. The minimum Gasteiger partial charge on any atom is -0.313 e. The van der Waals surface area contributed by atoms with Gasteiger partial charge in [-0.1, -0.05) is 221 Å². The van der Waals surface area contributed by atoms with Gasteiger partial charge in [-0.15, -0.1) is 0 Å². The van der Waals surface area contributed by atoms with Crippen LogP contribution < -0.4 is 91.7 Å². The van der Waals surface area contributed by atoms with E-state index in [-0.39, 0.29) is 33.6 Å². The van der Waals surface area contributed by atoms with E-state index in [9.17, 15) is 0 Å². The van der Waals surface area contributed by atoms with Crippen molar-refractivity contribution >= 4 is 150 Å². The second kappa shape index (κ2) is 22.4. The first-order valence-electron chi connectivity index (χ1n) is 36.0. The van der Waals surface area contributed by atoms with Gasteiger partial charge in [0.15, 0.2) is 0 Å². The maximum absolute atomic E-state index is 5.34. The maximum Gasteiger partial charge on any atom is 0.251 e. The molecule has 6 aliphatic rings. The number of pyridine rings is 6. The van der Waals surface area contributed by atoms with E-state index in [0.29, 0.717) is 0 Å². The van der Waals surface area contributed by atoms with E-state index in [2.05, 4.69) is 295 Å². The first kappa shape index (κ1) is 61.5. The molecule has 0 radical (unpaired) electrons. The van der Waals surface area contributed by atoms with Crippen LogP contribution in [-0.4, -0.2) is 63.5 Å². The molecule has 12 heterocycles. The first-order valence-corrected chi connectivity index (χ1v) is 36.0. The second-order valence-electron chi connectivity index (χ2n) is 30.5. The van der Waals surface area contributed by atoms with Crippen LogP contribution in [0.15, 0.2) is 196 Å². The third-order valence-electron chi connectivity index (χ3n) is 24.1. The smallest absolute Gasteiger partial charge is 0.251 e. The molecule has 101 heavy (non-hydrogen) atoms. The molecule has 0 bridgehead atoms. The number of aromatic nitrogens is 6. The lowest BCUT2D eigenvalue weighted by atomic mass is 9.26. The third-order valence-corrected chi connectivity index (χ3v) is 24.1. The van der Waals surface area contributed by atoms with Crippen LogP contribution in [0.3, 0.4) is 0 Å². The highest BCUT2D eigenvalue weighted by atomic mass is 15.2. The molecule has 8 nitrogen and oxygen atoms in total. The van der Waals surface area contributed by atoms with Gasteiger partial charge in [0.2, 0.25) is 0 Å². The Labute approximate surface area is 595 Å². The van der Waals surface area contributed by atoms with Crippen LogP contribution >= 0.6 is 0 Å². The topological polar surface area (TPSA) is 83.8 Å². The average Bonchev–Trinajstić information content (AvgIpc) is 0.673.